The van der Waals surface area contributed by atoms with Crippen molar-refractivity contribution in [2.75, 3.05) is 29.9 Å². The molecule has 8 heteroatoms. The van der Waals surface area contributed by atoms with Gasteiger partial charge in [0.15, 0.2) is 0 Å². The van der Waals surface area contributed by atoms with Crippen molar-refractivity contribution < 1.29 is 14.7 Å². The summed E-state index contributed by atoms with van der Waals surface area (Å²) in [5, 5.41) is 15.2. The van der Waals surface area contributed by atoms with E-state index in [0.717, 1.165) is 24.6 Å². The second-order valence-electron chi connectivity index (χ2n) is 3.85. The number of carboxylic acids is 1. The highest BCUT2D eigenvalue weighted by Gasteiger charge is 2.17. The number of nitrogens with zero attached hydrogens (tertiary/aromatic N) is 3. The molecule has 2 rings (SSSR count). The Kier molecular flexibility index (Phi) is 4.08. The van der Waals surface area contributed by atoms with Crippen molar-refractivity contribution in [3.63, 3.8) is 0 Å². The molecule has 1 fully saturated rings. The quantitative estimate of drug-likeness (QED) is 0.837. The Morgan fingerprint density at radius 3 is 2.83 bits per heavy atom. The number of hydrogen-bond acceptors (Lipinski definition) is 4. The molecule has 2 N–H and O–H groups in total. The lowest BCUT2D eigenvalue weighted by atomic mass is 10.5. The van der Waals surface area contributed by atoms with E-state index in [-0.39, 0.29) is 12.6 Å². The topological polar surface area (TPSA) is 87.5 Å². The van der Waals surface area contributed by atoms with Crippen LogP contribution in [0.4, 0.5) is 10.5 Å². The number of nitrogens with one attached hydrogen (secondary N) is 1. The van der Waals surface area contributed by atoms with Gasteiger partial charge in [0.05, 0.1) is 11.9 Å². The van der Waals surface area contributed by atoms with Gasteiger partial charge >= 0.3 is 12.0 Å². The van der Waals surface area contributed by atoms with Crippen LogP contribution in [0.25, 0.3) is 0 Å². The zero-order chi connectivity index (χ0) is 13.0. The summed E-state index contributed by atoms with van der Waals surface area (Å²) in [5.74, 6) is 0.932. The Bertz CT molecular complexity index is 442. The van der Waals surface area contributed by atoms with Gasteiger partial charge in [0.1, 0.15) is 6.54 Å². The molecule has 2 heterocycles. The molecule has 1 aromatic rings. The molecule has 1 saturated heterocycles. The minimum Gasteiger partial charge on any atom is -0.480 e. The first-order valence-electron chi connectivity index (χ1n) is 5.53. The summed E-state index contributed by atoms with van der Waals surface area (Å²) < 4.78 is 1.27. The maximum absolute atomic E-state index is 11.9. The van der Waals surface area contributed by atoms with Gasteiger partial charge in [0.2, 0.25) is 0 Å². The molecule has 1 aromatic heterocycles. The molecule has 0 unspecified atom stereocenters. The minimum atomic E-state index is -0.968. The molecule has 2 amide bonds. The Balaban J connectivity index is 1.90. The van der Waals surface area contributed by atoms with E-state index >= 15 is 0 Å². The van der Waals surface area contributed by atoms with Crippen LogP contribution < -0.4 is 5.32 Å². The van der Waals surface area contributed by atoms with Crippen LogP contribution in [-0.2, 0) is 11.3 Å². The fourth-order valence-electron chi connectivity index (χ4n) is 1.62. The number of carboxylic acid groups (broad SMARTS) is 1. The van der Waals surface area contributed by atoms with Crippen LogP contribution in [0.2, 0.25) is 0 Å². The molecular formula is C10H14N4O3S. The van der Waals surface area contributed by atoms with Crippen molar-refractivity contribution in [2.45, 2.75) is 6.54 Å². The van der Waals surface area contributed by atoms with Gasteiger partial charge in [-0.05, 0) is 0 Å². The molecule has 7 nitrogen and oxygen atoms in total. The highest BCUT2D eigenvalue weighted by molar-refractivity contribution is 7.99. The van der Waals surface area contributed by atoms with Crippen molar-refractivity contribution in [1.82, 2.24) is 14.7 Å². The maximum atomic E-state index is 11.9. The first-order chi connectivity index (χ1) is 8.65. The molecule has 0 atom stereocenters. The van der Waals surface area contributed by atoms with Crippen LogP contribution in [0.1, 0.15) is 0 Å². The van der Waals surface area contributed by atoms with E-state index in [1.807, 2.05) is 11.8 Å². The Morgan fingerprint density at radius 2 is 2.17 bits per heavy atom. The highest BCUT2D eigenvalue weighted by Crippen LogP contribution is 2.12. The SMILES string of the molecule is O=C(O)Cn1cc(NC(=O)N2CCSCC2)cn1. The number of thioether (sulfide) groups is 1. The number of carbonyl (C=O) groups excluding carboxylic acids is 1. The zero-order valence-electron chi connectivity index (χ0n) is 9.70. The number of anilines is 1. The van der Waals surface area contributed by atoms with Crippen molar-refractivity contribution in [3.8, 4) is 0 Å². The molecule has 0 spiro atoms. The number of rotatable bonds is 3. The van der Waals surface area contributed by atoms with E-state index in [2.05, 4.69) is 10.4 Å². The number of carbonyl (C=O) groups is 2. The van der Waals surface area contributed by atoms with E-state index in [4.69, 9.17) is 5.11 Å². The van der Waals surface area contributed by atoms with Crippen LogP contribution in [0.15, 0.2) is 12.4 Å². The highest BCUT2D eigenvalue weighted by atomic mass is 32.2. The second-order valence-corrected chi connectivity index (χ2v) is 5.07. The molecule has 0 bridgehead atoms. The summed E-state index contributed by atoms with van der Waals surface area (Å²) in [6, 6.07) is -0.162. The third-order valence-electron chi connectivity index (χ3n) is 2.48. The maximum Gasteiger partial charge on any atom is 0.325 e. The van der Waals surface area contributed by atoms with Gasteiger partial charge in [0, 0.05) is 30.8 Å². The molecule has 18 heavy (non-hydrogen) atoms. The first kappa shape index (κ1) is 12.7. The van der Waals surface area contributed by atoms with E-state index in [9.17, 15) is 9.59 Å². The summed E-state index contributed by atoms with van der Waals surface area (Å²) in [6.45, 7) is 1.26. The lowest BCUT2D eigenvalue weighted by Gasteiger charge is -2.26. The van der Waals surface area contributed by atoms with Gasteiger partial charge in [-0.3, -0.25) is 9.48 Å². The van der Waals surface area contributed by atoms with Crippen molar-refractivity contribution >= 4 is 29.4 Å². The summed E-state index contributed by atoms with van der Waals surface area (Å²) in [4.78, 5) is 24.1. The largest absolute Gasteiger partial charge is 0.480 e. The van der Waals surface area contributed by atoms with Crippen LogP contribution >= 0.6 is 11.8 Å². The Morgan fingerprint density at radius 1 is 1.44 bits per heavy atom. The molecule has 0 radical (unpaired) electrons. The third-order valence-corrected chi connectivity index (χ3v) is 3.42. The number of aromatic nitrogens is 2. The van der Waals surface area contributed by atoms with Crippen molar-refractivity contribution in [3.05, 3.63) is 12.4 Å². The van der Waals surface area contributed by atoms with E-state index in [1.54, 1.807) is 4.90 Å². The molecule has 1 aliphatic rings. The summed E-state index contributed by atoms with van der Waals surface area (Å²) in [7, 11) is 0. The monoisotopic (exact) mass is 270 g/mol. The molecule has 0 aliphatic carbocycles. The van der Waals surface area contributed by atoms with Crippen LogP contribution in [0.5, 0.6) is 0 Å². The summed E-state index contributed by atoms with van der Waals surface area (Å²) >= 11 is 1.83. The smallest absolute Gasteiger partial charge is 0.325 e. The van der Waals surface area contributed by atoms with Crippen molar-refractivity contribution in [2.24, 2.45) is 0 Å². The summed E-state index contributed by atoms with van der Waals surface area (Å²) in [5.41, 5.74) is 0.513. The minimum absolute atomic E-state index is 0.162. The molecular weight excluding hydrogens is 256 g/mol. The van der Waals surface area contributed by atoms with Crippen LogP contribution in [0.3, 0.4) is 0 Å². The van der Waals surface area contributed by atoms with Crippen molar-refractivity contribution in [1.29, 1.82) is 0 Å². The summed E-state index contributed by atoms with van der Waals surface area (Å²) in [6.07, 6.45) is 2.95. The van der Waals surface area contributed by atoms with Gasteiger partial charge in [0.25, 0.3) is 0 Å². The van der Waals surface area contributed by atoms with E-state index in [0.29, 0.717) is 5.69 Å². The van der Waals surface area contributed by atoms with Gasteiger partial charge < -0.3 is 15.3 Å². The lowest BCUT2D eigenvalue weighted by Crippen LogP contribution is -2.40. The fraction of sp³-hybridized carbons (Fsp3) is 0.500. The van der Waals surface area contributed by atoms with Gasteiger partial charge in [-0.15, -0.1) is 0 Å². The van der Waals surface area contributed by atoms with E-state index < -0.39 is 5.97 Å². The van der Waals surface area contributed by atoms with Gasteiger partial charge in [-0.25, -0.2) is 4.79 Å². The fourth-order valence-corrected chi connectivity index (χ4v) is 2.53. The Labute approximate surface area is 108 Å². The van der Waals surface area contributed by atoms with Crippen LogP contribution in [-0.4, -0.2) is 56.4 Å². The molecule has 98 valence electrons. The first-order valence-corrected chi connectivity index (χ1v) is 6.68. The average molecular weight is 270 g/mol. The number of amides is 2. The third kappa shape index (κ3) is 3.39. The average Bonchev–Trinajstić information content (AvgIpc) is 2.76. The number of urea groups is 1. The predicted molar refractivity (Wildman–Crippen MR) is 67.8 cm³/mol. The normalized spacial score (nSPS) is 15.4. The molecule has 0 aromatic carbocycles. The van der Waals surface area contributed by atoms with Gasteiger partial charge in [-0.1, -0.05) is 0 Å². The second kappa shape index (κ2) is 5.76. The van der Waals surface area contributed by atoms with Gasteiger partial charge in [-0.2, -0.15) is 16.9 Å². The zero-order valence-corrected chi connectivity index (χ0v) is 10.5. The standard InChI is InChI=1S/C10H14N4O3S/c15-9(16)7-14-6-8(5-11-14)12-10(17)13-1-3-18-4-2-13/h5-6H,1-4,7H2,(H,12,17)(H,15,16). The predicted octanol–water partition coefficient (Wildman–Crippen LogP) is 0.548. The van der Waals surface area contributed by atoms with E-state index in [1.165, 1.54) is 17.1 Å². The Hall–Kier alpha value is -1.70. The van der Waals surface area contributed by atoms with Crippen LogP contribution in [0, 0.1) is 0 Å². The lowest BCUT2D eigenvalue weighted by molar-refractivity contribution is -0.137. The number of aliphatic carboxylic acids is 1. The molecule has 0 saturated carbocycles. The number of hydrogen-bond donors (Lipinski definition) is 2. The molecule has 1 aliphatic heterocycles.